The van der Waals surface area contributed by atoms with E-state index in [0.717, 1.165) is 30.4 Å². The average molecular weight is 370 g/mol. The predicted octanol–water partition coefficient (Wildman–Crippen LogP) is 4.12. The zero-order valence-corrected chi connectivity index (χ0v) is 17.4. The lowest BCUT2D eigenvalue weighted by molar-refractivity contribution is 0.0391. The maximum atomic E-state index is 6.10. The van der Waals surface area contributed by atoms with E-state index >= 15 is 0 Å². The summed E-state index contributed by atoms with van der Waals surface area (Å²) in [5, 5.41) is 0. The molecule has 5 nitrogen and oxygen atoms in total. The topological polar surface area (TPSA) is 47.5 Å². The molecule has 0 bridgehead atoms. The van der Waals surface area contributed by atoms with Crippen LogP contribution in [0.3, 0.4) is 0 Å². The van der Waals surface area contributed by atoms with Crippen LogP contribution in [0.5, 0.6) is 0 Å². The quantitative estimate of drug-likeness (QED) is 0.811. The van der Waals surface area contributed by atoms with Crippen molar-refractivity contribution >= 4 is 5.82 Å². The smallest absolute Gasteiger partial charge is 0.136 e. The summed E-state index contributed by atoms with van der Waals surface area (Å²) in [7, 11) is 1.70. The number of methoxy groups -OCH3 is 1. The minimum Gasteiger partial charge on any atom is -0.378 e. The van der Waals surface area contributed by atoms with Crippen molar-refractivity contribution in [1.82, 2.24) is 9.97 Å². The largest absolute Gasteiger partial charge is 0.378 e. The van der Waals surface area contributed by atoms with Gasteiger partial charge in [-0.3, -0.25) is 0 Å². The van der Waals surface area contributed by atoms with E-state index < -0.39 is 0 Å². The standard InChI is InChI=1S/C22H31N3O2/c1-15-7-8-18(16(2)11-15)19-13-25(9-10-27-19)20-12-17(14-26-6)23-21(24-20)22(3,4)5/h7-8,11-12,19H,9-10,13-14H2,1-6H3. The number of rotatable bonds is 4. The highest BCUT2D eigenvalue weighted by Crippen LogP contribution is 2.29. The summed E-state index contributed by atoms with van der Waals surface area (Å²) >= 11 is 0. The van der Waals surface area contributed by atoms with Crippen molar-refractivity contribution in [2.24, 2.45) is 0 Å². The van der Waals surface area contributed by atoms with Gasteiger partial charge in [0.15, 0.2) is 0 Å². The fraction of sp³-hybridized carbons (Fsp3) is 0.545. The molecule has 1 aliphatic heterocycles. The summed E-state index contributed by atoms with van der Waals surface area (Å²) in [4.78, 5) is 11.9. The first-order valence-corrected chi connectivity index (χ1v) is 9.59. The van der Waals surface area contributed by atoms with Crippen LogP contribution in [0.25, 0.3) is 0 Å². The van der Waals surface area contributed by atoms with Crippen LogP contribution in [0, 0.1) is 13.8 Å². The van der Waals surface area contributed by atoms with Crippen LogP contribution < -0.4 is 4.90 Å². The summed E-state index contributed by atoms with van der Waals surface area (Å²) < 4.78 is 11.4. The van der Waals surface area contributed by atoms with Gasteiger partial charge in [-0.25, -0.2) is 9.97 Å². The molecule has 1 atom stereocenters. The summed E-state index contributed by atoms with van der Waals surface area (Å²) in [5.41, 5.74) is 4.62. The molecule has 1 aromatic heterocycles. The molecule has 1 unspecified atom stereocenters. The van der Waals surface area contributed by atoms with Gasteiger partial charge in [0, 0.05) is 31.7 Å². The van der Waals surface area contributed by atoms with Crippen molar-refractivity contribution < 1.29 is 9.47 Å². The molecule has 27 heavy (non-hydrogen) atoms. The van der Waals surface area contributed by atoms with Crippen molar-refractivity contribution in [3.05, 3.63) is 52.5 Å². The average Bonchev–Trinajstić information content (AvgIpc) is 2.61. The van der Waals surface area contributed by atoms with Crippen LogP contribution in [-0.4, -0.2) is 36.8 Å². The number of aryl methyl sites for hydroxylation is 2. The van der Waals surface area contributed by atoms with Gasteiger partial charge in [-0.15, -0.1) is 0 Å². The molecule has 1 aromatic carbocycles. The van der Waals surface area contributed by atoms with Crippen molar-refractivity contribution in [2.45, 2.75) is 52.7 Å². The van der Waals surface area contributed by atoms with E-state index in [1.54, 1.807) is 7.11 Å². The first-order valence-electron chi connectivity index (χ1n) is 9.59. The normalized spacial score (nSPS) is 18.0. The van der Waals surface area contributed by atoms with Gasteiger partial charge in [0.25, 0.3) is 0 Å². The van der Waals surface area contributed by atoms with Crippen molar-refractivity contribution in [1.29, 1.82) is 0 Å². The lowest BCUT2D eigenvalue weighted by Crippen LogP contribution is -2.39. The zero-order chi connectivity index (χ0) is 19.6. The van der Waals surface area contributed by atoms with Crippen LogP contribution in [0.2, 0.25) is 0 Å². The number of benzene rings is 1. The van der Waals surface area contributed by atoms with Crippen LogP contribution in [-0.2, 0) is 21.5 Å². The van der Waals surface area contributed by atoms with Gasteiger partial charge in [0.2, 0.25) is 0 Å². The molecule has 0 aliphatic carbocycles. The minimum atomic E-state index is -0.113. The minimum absolute atomic E-state index is 0.0540. The lowest BCUT2D eigenvalue weighted by atomic mass is 9.95. The molecule has 0 spiro atoms. The number of aromatic nitrogens is 2. The van der Waals surface area contributed by atoms with Gasteiger partial charge < -0.3 is 14.4 Å². The lowest BCUT2D eigenvalue weighted by Gasteiger charge is -2.35. The number of ether oxygens (including phenoxy) is 2. The Morgan fingerprint density at radius 3 is 2.63 bits per heavy atom. The maximum absolute atomic E-state index is 6.10. The van der Waals surface area contributed by atoms with Gasteiger partial charge in [0.1, 0.15) is 17.7 Å². The predicted molar refractivity (Wildman–Crippen MR) is 108 cm³/mol. The van der Waals surface area contributed by atoms with Crippen molar-refractivity contribution in [3.8, 4) is 0 Å². The second-order valence-electron chi connectivity index (χ2n) is 8.39. The summed E-state index contributed by atoms with van der Waals surface area (Å²) in [6, 6.07) is 8.61. The first-order chi connectivity index (χ1) is 12.8. The summed E-state index contributed by atoms with van der Waals surface area (Å²) in [6.07, 6.45) is 0.0540. The highest BCUT2D eigenvalue weighted by Gasteiger charge is 2.26. The number of hydrogen-bond donors (Lipinski definition) is 0. The van der Waals surface area contributed by atoms with Gasteiger partial charge in [-0.2, -0.15) is 0 Å². The third-order valence-electron chi connectivity index (χ3n) is 4.89. The van der Waals surface area contributed by atoms with Crippen LogP contribution in [0.15, 0.2) is 24.3 Å². The fourth-order valence-corrected chi connectivity index (χ4v) is 3.43. The molecule has 0 N–H and O–H groups in total. The van der Waals surface area contributed by atoms with E-state index in [9.17, 15) is 0 Å². The van der Waals surface area contributed by atoms with Gasteiger partial charge >= 0.3 is 0 Å². The van der Waals surface area contributed by atoms with Crippen LogP contribution >= 0.6 is 0 Å². The third-order valence-corrected chi connectivity index (χ3v) is 4.89. The second-order valence-corrected chi connectivity index (χ2v) is 8.39. The van der Waals surface area contributed by atoms with Gasteiger partial charge in [-0.05, 0) is 25.0 Å². The zero-order valence-electron chi connectivity index (χ0n) is 17.4. The monoisotopic (exact) mass is 369 g/mol. The number of anilines is 1. The number of morpholine rings is 1. The summed E-state index contributed by atoms with van der Waals surface area (Å²) in [5.74, 6) is 1.81. The van der Waals surface area contributed by atoms with E-state index in [2.05, 4.69) is 57.7 Å². The Hall–Kier alpha value is -1.98. The molecule has 2 heterocycles. The van der Waals surface area contributed by atoms with Crippen LogP contribution in [0.4, 0.5) is 5.82 Å². The van der Waals surface area contributed by atoms with E-state index in [0.29, 0.717) is 13.2 Å². The SMILES string of the molecule is COCc1cc(N2CCOC(c3ccc(C)cc3C)C2)nc(C(C)(C)C)n1. The van der Waals surface area contributed by atoms with E-state index in [1.165, 1.54) is 16.7 Å². The molecule has 0 amide bonds. The molecular weight excluding hydrogens is 338 g/mol. The molecule has 0 saturated carbocycles. The Morgan fingerprint density at radius 1 is 1.19 bits per heavy atom. The van der Waals surface area contributed by atoms with E-state index in [-0.39, 0.29) is 11.5 Å². The Morgan fingerprint density at radius 2 is 1.96 bits per heavy atom. The summed E-state index contributed by atoms with van der Waals surface area (Å²) in [6.45, 7) is 13.5. The maximum Gasteiger partial charge on any atom is 0.136 e. The Bertz CT molecular complexity index is 799. The van der Waals surface area contributed by atoms with E-state index in [1.807, 2.05) is 6.07 Å². The Balaban J connectivity index is 1.90. The number of hydrogen-bond acceptors (Lipinski definition) is 5. The van der Waals surface area contributed by atoms with E-state index in [4.69, 9.17) is 19.4 Å². The molecule has 1 aliphatic rings. The molecule has 2 aromatic rings. The van der Waals surface area contributed by atoms with Crippen LogP contribution in [0.1, 0.15) is 55.1 Å². The fourth-order valence-electron chi connectivity index (χ4n) is 3.43. The van der Waals surface area contributed by atoms with Gasteiger partial charge in [0.05, 0.1) is 18.9 Å². The first kappa shape index (κ1) is 19.8. The van der Waals surface area contributed by atoms with Crippen molar-refractivity contribution in [3.63, 3.8) is 0 Å². The molecule has 1 saturated heterocycles. The number of nitrogens with zero attached hydrogens (tertiary/aromatic N) is 3. The van der Waals surface area contributed by atoms with Crippen molar-refractivity contribution in [2.75, 3.05) is 31.7 Å². The highest BCUT2D eigenvalue weighted by molar-refractivity contribution is 5.43. The molecular formula is C22H31N3O2. The van der Waals surface area contributed by atoms with Gasteiger partial charge in [-0.1, -0.05) is 44.5 Å². The molecule has 1 fully saturated rings. The molecule has 146 valence electrons. The molecule has 0 radical (unpaired) electrons. The Labute approximate surface area is 162 Å². The highest BCUT2D eigenvalue weighted by atomic mass is 16.5. The second kappa shape index (κ2) is 7.95. The molecule has 3 rings (SSSR count). The molecule has 5 heteroatoms. The third kappa shape index (κ3) is 4.66. The Kier molecular flexibility index (Phi) is 5.82.